The fourth-order valence-corrected chi connectivity index (χ4v) is 3.82. The quantitative estimate of drug-likeness (QED) is 0.841. The van der Waals surface area contributed by atoms with Gasteiger partial charge in [-0.2, -0.15) is 0 Å². The first kappa shape index (κ1) is 17.8. The van der Waals surface area contributed by atoms with Crippen molar-refractivity contribution in [2.45, 2.75) is 58.7 Å². The Labute approximate surface area is 148 Å². The molecule has 25 heavy (non-hydrogen) atoms. The Kier molecular flexibility index (Phi) is 4.77. The molecule has 0 unspecified atom stereocenters. The van der Waals surface area contributed by atoms with Crippen molar-refractivity contribution in [3.63, 3.8) is 0 Å². The average Bonchev–Trinajstić information content (AvgIpc) is 2.80. The van der Waals surface area contributed by atoms with Gasteiger partial charge in [0.05, 0.1) is 11.4 Å². The number of urea groups is 1. The Morgan fingerprint density at radius 2 is 2.08 bits per heavy atom. The molecule has 1 N–H and O–H groups in total. The maximum atomic E-state index is 12.9. The van der Waals surface area contributed by atoms with E-state index in [4.69, 9.17) is 0 Å². The molecule has 1 aromatic heterocycles. The van der Waals surface area contributed by atoms with Gasteiger partial charge in [-0.15, -0.1) is 0 Å². The topological polar surface area (TPSA) is 78.4 Å². The van der Waals surface area contributed by atoms with Crippen LogP contribution in [-0.2, 0) is 11.3 Å². The van der Waals surface area contributed by atoms with Crippen molar-refractivity contribution in [1.29, 1.82) is 0 Å². The predicted octanol–water partition coefficient (Wildman–Crippen LogP) is 1.72. The van der Waals surface area contributed by atoms with Gasteiger partial charge in [0.15, 0.2) is 0 Å². The van der Waals surface area contributed by atoms with E-state index < -0.39 is 5.54 Å². The number of aryl methyl sites for hydroxylation is 1. The van der Waals surface area contributed by atoms with Gasteiger partial charge < -0.3 is 5.32 Å². The van der Waals surface area contributed by atoms with Crippen LogP contribution in [0.5, 0.6) is 0 Å². The predicted molar refractivity (Wildman–Crippen MR) is 93.7 cm³/mol. The third-order valence-corrected chi connectivity index (χ3v) is 5.31. The lowest BCUT2D eigenvalue weighted by Gasteiger charge is -2.39. The monoisotopic (exact) mass is 345 g/mol. The highest BCUT2D eigenvalue weighted by Gasteiger charge is 2.53. The minimum absolute atomic E-state index is 0.0971. The van der Waals surface area contributed by atoms with Crippen LogP contribution < -0.4 is 5.32 Å². The first-order valence-electron chi connectivity index (χ1n) is 8.97. The summed E-state index contributed by atoms with van der Waals surface area (Å²) in [6.07, 6.45) is 5.53. The van der Waals surface area contributed by atoms with Crippen LogP contribution in [0.15, 0.2) is 12.4 Å². The molecular weight excluding hydrogens is 318 g/mol. The van der Waals surface area contributed by atoms with Crippen LogP contribution in [0.1, 0.15) is 45.0 Å². The van der Waals surface area contributed by atoms with Gasteiger partial charge in [-0.1, -0.05) is 0 Å². The number of nitrogens with one attached hydrogen (secondary N) is 1. The van der Waals surface area contributed by atoms with Gasteiger partial charge in [-0.3, -0.25) is 24.6 Å². The number of aromatic nitrogens is 2. The standard InChI is InChI=1S/C18H27N5O2/c1-12(2)23-16(24)18(4,21-17(23)25)14-6-5-7-22(10-14)11-15-9-19-13(3)8-20-15/h8-9,12,14H,5-7,10-11H2,1-4H3,(H,21,25)/t14-,18+/m1/s1. The van der Waals surface area contributed by atoms with Gasteiger partial charge in [0.25, 0.3) is 5.91 Å². The summed E-state index contributed by atoms with van der Waals surface area (Å²) in [5, 5.41) is 2.96. The van der Waals surface area contributed by atoms with Crippen LogP contribution in [0, 0.1) is 12.8 Å². The highest BCUT2D eigenvalue weighted by molar-refractivity contribution is 6.07. The molecule has 2 fully saturated rings. The van der Waals surface area contributed by atoms with Crippen molar-refractivity contribution >= 4 is 11.9 Å². The van der Waals surface area contributed by atoms with E-state index in [1.54, 1.807) is 6.20 Å². The maximum Gasteiger partial charge on any atom is 0.325 e. The van der Waals surface area contributed by atoms with Gasteiger partial charge in [0.2, 0.25) is 0 Å². The summed E-state index contributed by atoms with van der Waals surface area (Å²) in [6, 6.07) is -0.402. The summed E-state index contributed by atoms with van der Waals surface area (Å²) in [5.74, 6) is -0.00525. The van der Waals surface area contributed by atoms with Crippen LogP contribution in [0.4, 0.5) is 4.79 Å². The van der Waals surface area contributed by atoms with E-state index in [2.05, 4.69) is 20.2 Å². The summed E-state index contributed by atoms with van der Waals surface area (Å²) in [6.45, 7) is 9.98. The number of imide groups is 1. The molecule has 2 saturated heterocycles. The Balaban J connectivity index is 1.71. The number of carbonyl (C=O) groups excluding carboxylic acids is 2. The fourth-order valence-electron chi connectivity index (χ4n) is 3.82. The molecule has 1 aromatic rings. The van der Waals surface area contributed by atoms with Crippen LogP contribution in [-0.4, -0.2) is 56.4 Å². The van der Waals surface area contributed by atoms with Crippen LogP contribution in [0.25, 0.3) is 0 Å². The minimum atomic E-state index is -0.820. The lowest BCUT2D eigenvalue weighted by Crippen LogP contribution is -2.56. The second-order valence-electron chi connectivity index (χ2n) is 7.62. The van der Waals surface area contributed by atoms with E-state index >= 15 is 0 Å². The average molecular weight is 345 g/mol. The van der Waals surface area contributed by atoms with E-state index in [1.807, 2.05) is 33.9 Å². The summed E-state index contributed by atoms with van der Waals surface area (Å²) in [4.78, 5) is 37.5. The van der Waals surface area contributed by atoms with E-state index in [0.717, 1.165) is 43.9 Å². The number of hydrogen-bond donors (Lipinski definition) is 1. The first-order valence-corrected chi connectivity index (χ1v) is 8.97. The molecule has 7 heteroatoms. The number of nitrogens with zero attached hydrogens (tertiary/aromatic N) is 4. The van der Waals surface area contributed by atoms with Gasteiger partial charge in [0, 0.05) is 37.4 Å². The van der Waals surface area contributed by atoms with Crippen molar-refractivity contribution in [2.75, 3.05) is 13.1 Å². The summed E-state index contributed by atoms with van der Waals surface area (Å²) in [5.41, 5.74) is 1.02. The number of carbonyl (C=O) groups is 2. The molecule has 0 radical (unpaired) electrons. The number of rotatable bonds is 4. The zero-order chi connectivity index (χ0) is 18.2. The van der Waals surface area contributed by atoms with Crippen molar-refractivity contribution in [3.05, 3.63) is 23.8 Å². The number of piperidine rings is 1. The van der Waals surface area contributed by atoms with Crippen molar-refractivity contribution in [2.24, 2.45) is 5.92 Å². The smallest absolute Gasteiger partial charge is 0.323 e. The number of likely N-dealkylation sites (tertiary alicyclic amines) is 1. The molecule has 3 rings (SSSR count). The largest absolute Gasteiger partial charge is 0.325 e. The van der Waals surface area contributed by atoms with Crippen LogP contribution in [0.3, 0.4) is 0 Å². The SMILES string of the molecule is Cc1cnc(CN2CCC[C@@H]([C@]3(C)NC(=O)N(C(C)C)C3=O)C2)cn1. The zero-order valence-corrected chi connectivity index (χ0v) is 15.5. The third-order valence-electron chi connectivity index (χ3n) is 5.31. The third kappa shape index (κ3) is 3.38. The molecule has 3 amide bonds. The second-order valence-corrected chi connectivity index (χ2v) is 7.62. The molecule has 3 heterocycles. The Bertz CT molecular complexity index is 660. The Morgan fingerprint density at radius 1 is 1.32 bits per heavy atom. The van der Waals surface area contributed by atoms with E-state index in [1.165, 1.54) is 4.90 Å². The molecule has 0 saturated carbocycles. The number of hydrogen-bond acceptors (Lipinski definition) is 5. The Hall–Kier alpha value is -2.02. The maximum absolute atomic E-state index is 12.9. The molecule has 0 aliphatic carbocycles. The molecule has 0 spiro atoms. The molecule has 0 bridgehead atoms. The summed E-state index contributed by atoms with van der Waals surface area (Å²) < 4.78 is 0. The van der Waals surface area contributed by atoms with Gasteiger partial charge >= 0.3 is 6.03 Å². The number of amides is 3. The molecule has 2 aliphatic heterocycles. The van der Waals surface area contributed by atoms with E-state index in [-0.39, 0.29) is 23.9 Å². The van der Waals surface area contributed by atoms with Gasteiger partial charge in [-0.25, -0.2) is 4.79 Å². The van der Waals surface area contributed by atoms with E-state index in [0.29, 0.717) is 0 Å². The Morgan fingerprint density at radius 3 is 2.68 bits per heavy atom. The molecule has 0 aromatic carbocycles. The normalized spacial score (nSPS) is 27.9. The van der Waals surface area contributed by atoms with Crippen molar-refractivity contribution in [3.8, 4) is 0 Å². The summed E-state index contributed by atoms with van der Waals surface area (Å²) >= 11 is 0. The fraction of sp³-hybridized carbons (Fsp3) is 0.667. The molecule has 7 nitrogen and oxygen atoms in total. The summed E-state index contributed by atoms with van der Waals surface area (Å²) in [7, 11) is 0. The lowest BCUT2D eigenvalue weighted by atomic mass is 9.79. The van der Waals surface area contributed by atoms with Crippen molar-refractivity contribution in [1.82, 2.24) is 25.1 Å². The van der Waals surface area contributed by atoms with Gasteiger partial charge in [-0.05, 0) is 47.1 Å². The van der Waals surface area contributed by atoms with Gasteiger partial charge in [0.1, 0.15) is 5.54 Å². The van der Waals surface area contributed by atoms with Crippen LogP contribution in [0.2, 0.25) is 0 Å². The highest BCUT2D eigenvalue weighted by atomic mass is 16.2. The zero-order valence-electron chi connectivity index (χ0n) is 15.5. The minimum Gasteiger partial charge on any atom is -0.323 e. The van der Waals surface area contributed by atoms with Crippen LogP contribution >= 0.6 is 0 Å². The molecule has 136 valence electrons. The van der Waals surface area contributed by atoms with E-state index in [9.17, 15) is 9.59 Å². The molecule has 2 aliphatic rings. The first-order chi connectivity index (χ1) is 11.8. The molecule has 2 atom stereocenters. The van der Waals surface area contributed by atoms with Crippen molar-refractivity contribution < 1.29 is 9.59 Å². The highest BCUT2D eigenvalue weighted by Crippen LogP contribution is 2.33. The lowest BCUT2D eigenvalue weighted by molar-refractivity contribution is -0.134. The second kappa shape index (κ2) is 6.71. The molecular formula is C18H27N5O2.